The quantitative estimate of drug-likeness (QED) is 0.865. The van der Waals surface area contributed by atoms with Crippen molar-refractivity contribution in [3.63, 3.8) is 0 Å². The van der Waals surface area contributed by atoms with Crippen LogP contribution < -0.4 is 9.47 Å². The highest BCUT2D eigenvalue weighted by Crippen LogP contribution is 2.18. The Kier molecular flexibility index (Phi) is 3.46. The molecule has 16 heavy (non-hydrogen) atoms. The van der Waals surface area contributed by atoms with Gasteiger partial charge in [0, 0.05) is 15.9 Å². The van der Waals surface area contributed by atoms with E-state index < -0.39 is 0 Å². The zero-order valence-electron chi connectivity index (χ0n) is 8.64. The van der Waals surface area contributed by atoms with Crippen molar-refractivity contribution in [2.45, 2.75) is 6.61 Å². The van der Waals surface area contributed by atoms with Crippen LogP contribution in [-0.2, 0) is 6.61 Å². The van der Waals surface area contributed by atoms with Crippen LogP contribution in [0.25, 0.3) is 0 Å². The maximum atomic E-state index is 5.49. The Morgan fingerprint density at radius 1 is 1.25 bits per heavy atom. The van der Waals surface area contributed by atoms with E-state index in [2.05, 4.69) is 20.9 Å². The third-order valence-corrected chi connectivity index (χ3v) is 2.33. The van der Waals surface area contributed by atoms with Gasteiger partial charge >= 0.3 is 0 Å². The monoisotopic (exact) mass is 283 g/mol. The molecular weight excluding hydrogens is 274 g/mol. The Balaban J connectivity index is 1.94. The summed E-state index contributed by atoms with van der Waals surface area (Å²) in [5, 5.41) is 0. The van der Waals surface area contributed by atoms with E-state index in [1.54, 1.807) is 13.3 Å². The molecule has 1 heterocycles. The number of hydrogen-bond acceptors (Lipinski definition) is 4. The normalized spacial score (nSPS) is 10.1. The Labute approximate surface area is 101 Å². The van der Waals surface area contributed by atoms with Gasteiger partial charge in [-0.3, -0.25) is 0 Å². The summed E-state index contributed by atoms with van der Waals surface area (Å²) in [6.45, 7) is 0.352. The lowest BCUT2D eigenvalue weighted by atomic mass is 10.3. The minimum Gasteiger partial charge on any atom is -0.497 e. The Hall–Kier alpha value is -1.49. The lowest BCUT2D eigenvalue weighted by Gasteiger charge is -2.04. The number of halogens is 1. The first-order chi connectivity index (χ1) is 7.78. The molecular formula is C11H10BrNO3. The Bertz CT molecular complexity index is 453. The molecule has 0 spiro atoms. The van der Waals surface area contributed by atoms with Crippen LogP contribution in [0.15, 0.2) is 39.7 Å². The molecule has 0 atom stereocenters. The second-order valence-electron chi connectivity index (χ2n) is 3.04. The van der Waals surface area contributed by atoms with Gasteiger partial charge < -0.3 is 13.9 Å². The average molecular weight is 284 g/mol. The maximum Gasteiger partial charge on any atom is 0.264 e. The SMILES string of the molecule is COc1ccc(OCc2cnc(Br)o2)cc1. The van der Waals surface area contributed by atoms with E-state index in [4.69, 9.17) is 13.9 Å². The topological polar surface area (TPSA) is 44.5 Å². The van der Waals surface area contributed by atoms with E-state index in [0.29, 0.717) is 17.2 Å². The summed E-state index contributed by atoms with van der Waals surface area (Å²) in [6, 6.07) is 7.35. The van der Waals surface area contributed by atoms with Crippen LogP contribution in [0.4, 0.5) is 0 Å². The van der Waals surface area contributed by atoms with Crippen molar-refractivity contribution < 1.29 is 13.9 Å². The van der Waals surface area contributed by atoms with E-state index in [1.807, 2.05) is 24.3 Å². The van der Waals surface area contributed by atoms with E-state index >= 15 is 0 Å². The number of rotatable bonds is 4. The number of oxazole rings is 1. The number of hydrogen-bond donors (Lipinski definition) is 0. The van der Waals surface area contributed by atoms with Crippen molar-refractivity contribution in [3.8, 4) is 11.5 Å². The summed E-state index contributed by atoms with van der Waals surface area (Å²) in [4.78, 5) is 4.37. The van der Waals surface area contributed by atoms with Crippen molar-refractivity contribution in [1.29, 1.82) is 0 Å². The molecule has 84 valence electrons. The van der Waals surface area contributed by atoms with Crippen molar-refractivity contribution in [2.24, 2.45) is 0 Å². The van der Waals surface area contributed by atoms with Gasteiger partial charge in [-0.2, -0.15) is 0 Å². The van der Waals surface area contributed by atoms with Crippen LogP contribution >= 0.6 is 15.9 Å². The number of nitrogens with zero attached hydrogens (tertiary/aromatic N) is 1. The van der Waals surface area contributed by atoms with Gasteiger partial charge in [0.1, 0.15) is 18.1 Å². The second-order valence-corrected chi connectivity index (χ2v) is 3.72. The smallest absolute Gasteiger partial charge is 0.264 e. The van der Waals surface area contributed by atoms with Gasteiger partial charge in [0.15, 0.2) is 5.76 Å². The highest BCUT2D eigenvalue weighted by atomic mass is 79.9. The first-order valence-corrected chi connectivity index (χ1v) is 5.44. The molecule has 0 bridgehead atoms. The molecule has 0 aliphatic carbocycles. The zero-order valence-corrected chi connectivity index (χ0v) is 10.2. The largest absolute Gasteiger partial charge is 0.497 e. The molecule has 0 saturated carbocycles. The number of benzene rings is 1. The summed E-state index contributed by atoms with van der Waals surface area (Å²) in [6.07, 6.45) is 1.62. The fourth-order valence-corrected chi connectivity index (χ4v) is 1.49. The summed E-state index contributed by atoms with van der Waals surface area (Å²) < 4.78 is 15.7. The number of methoxy groups -OCH3 is 1. The molecule has 0 unspecified atom stereocenters. The third-order valence-electron chi connectivity index (χ3n) is 1.97. The van der Waals surface area contributed by atoms with Crippen LogP contribution in [0, 0.1) is 0 Å². The summed E-state index contributed by atoms with van der Waals surface area (Å²) >= 11 is 3.13. The van der Waals surface area contributed by atoms with E-state index in [0.717, 1.165) is 11.5 Å². The van der Waals surface area contributed by atoms with Crippen molar-refractivity contribution in [2.75, 3.05) is 7.11 Å². The Morgan fingerprint density at radius 3 is 2.50 bits per heavy atom. The minimum absolute atomic E-state index is 0.352. The third kappa shape index (κ3) is 2.76. The molecule has 0 saturated heterocycles. The summed E-state index contributed by atoms with van der Waals surface area (Å²) in [5.74, 6) is 2.23. The van der Waals surface area contributed by atoms with E-state index in [9.17, 15) is 0 Å². The first-order valence-electron chi connectivity index (χ1n) is 4.65. The van der Waals surface area contributed by atoms with Gasteiger partial charge in [-0.15, -0.1) is 0 Å². The van der Waals surface area contributed by atoms with Crippen LogP contribution in [0.1, 0.15) is 5.76 Å². The molecule has 2 aromatic rings. The molecule has 0 N–H and O–H groups in total. The lowest BCUT2D eigenvalue weighted by molar-refractivity contribution is 0.267. The first kappa shape index (κ1) is 11.0. The second kappa shape index (κ2) is 5.03. The fraction of sp³-hybridized carbons (Fsp3) is 0.182. The fourth-order valence-electron chi connectivity index (χ4n) is 1.18. The summed E-state index contributed by atoms with van der Waals surface area (Å²) in [7, 11) is 1.63. The van der Waals surface area contributed by atoms with Crippen molar-refractivity contribution in [1.82, 2.24) is 4.98 Å². The highest BCUT2D eigenvalue weighted by molar-refractivity contribution is 9.10. The Morgan fingerprint density at radius 2 is 1.94 bits per heavy atom. The standard InChI is InChI=1S/C11H10BrNO3/c1-14-8-2-4-9(5-3-8)15-7-10-6-13-11(12)16-10/h2-6H,7H2,1H3. The average Bonchev–Trinajstić information content (AvgIpc) is 2.73. The molecule has 1 aromatic heterocycles. The lowest BCUT2D eigenvalue weighted by Crippen LogP contribution is -1.93. The van der Waals surface area contributed by atoms with E-state index in [-0.39, 0.29) is 0 Å². The van der Waals surface area contributed by atoms with Gasteiger partial charge in [0.05, 0.1) is 13.3 Å². The highest BCUT2D eigenvalue weighted by Gasteiger charge is 2.02. The molecule has 0 fully saturated rings. The molecule has 4 nitrogen and oxygen atoms in total. The maximum absolute atomic E-state index is 5.49. The summed E-state index contributed by atoms with van der Waals surface area (Å²) in [5.41, 5.74) is 0. The molecule has 5 heteroatoms. The predicted octanol–water partition coefficient (Wildman–Crippen LogP) is 3.02. The molecule has 0 aliphatic heterocycles. The zero-order chi connectivity index (χ0) is 11.4. The minimum atomic E-state index is 0.352. The number of ether oxygens (including phenoxy) is 2. The van der Waals surface area contributed by atoms with Crippen molar-refractivity contribution in [3.05, 3.63) is 41.0 Å². The van der Waals surface area contributed by atoms with Gasteiger partial charge in [-0.25, -0.2) is 4.98 Å². The van der Waals surface area contributed by atoms with Gasteiger partial charge in [0.25, 0.3) is 4.80 Å². The van der Waals surface area contributed by atoms with Gasteiger partial charge in [-0.1, -0.05) is 0 Å². The van der Waals surface area contributed by atoms with Crippen molar-refractivity contribution >= 4 is 15.9 Å². The van der Waals surface area contributed by atoms with Crippen LogP contribution in [0.5, 0.6) is 11.5 Å². The van der Waals surface area contributed by atoms with Crippen LogP contribution in [0.2, 0.25) is 0 Å². The van der Waals surface area contributed by atoms with Gasteiger partial charge in [0.2, 0.25) is 0 Å². The number of aromatic nitrogens is 1. The molecule has 1 aromatic carbocycles. The molecule has 2 rings (SSSR count). The molecule has 0 aliphatic rings. The predicted molar refractivity (Wildman–Crippen MR) is 61.5 cm³/mol. The van der Waals surface area contributed by atoms with Crippen LogP contribution in [-0.4, -0.2) is 12.1 Å². The molecule has 0 radical (unpaired) electrons. The van der Waals surface area contributed by atoms with Gasteiger partial charge in [-0.05, 0) is 24.3 Å². The molecule has 0 amide bonds. The van der Waals surface area contributed by atoms with Crippen LogP contribution in [0.3, 0.4) is 0 Å². The van der Waals surface area contributed by atoms with E-state index in [1.165, 1.54) is 0 Å².